The molecule has 154 valence electrons. The summed E-state index contributed by atoms with van der Waals surface area (Å²) in [7, 11) is 1.65. The van der Waals surface area contributed by atoms with Gasteiger partial charge in [0, 0.05) is 31.1 Å². The molecule has 0 saturated carbocycles. The molecule has 0 amide bonds. The van der Waals surface area contributed by atoms with E-state index in [4.69, 9.17) is 15.5 Å². The minimum atomic E-state index is -0.754. The van der Waals surface area contributed by atoms with Crippen molar-refractivity contribution in [3.63, 3.8) is 0 Å². The molecule has 1 saturated heterocycles. The molecule has 4 aromatic rings. The number of fused-ring (bicyclic) bond motifs is 2. The molecule has 1 fully saturated rings. The lowest BCUT2D eigenvalue weighted by Crippen LogP contribution is -2.48. The Bertz CT molecular complexity index is 1210. The van der Waals surface area contributed by atoms with Gasteiger partial charge in [-0.25, -0.2) is 9.97 Å². The Morgan fingerprint density at radius 1 is 1.13 bits per heavy atom. The maximum Gasteiger partial charge on any atom is 0.139 e. The molecular formula is C23H25N5O2. The fraction of sp³-hybridized carbons (Fsp3) is 0.304. The number of hydrogen-bond donors (Lipinski definition) is 2. The van der Waals surface area contributed by atoms with Crippen LogP contribution < -0.4 is 15.4 Å². The van der Waals surface area contributed by atoms with Gasteiger partial charge in [-0.15, -0.1) is 0 Å². The van der Waals surface area contributed by atoms with Crippen LogP contribution in [0.15, 0.2) is 54.9 Å². The van der Waals surface area contributed by atoms with Crippen LogP contribution in [0.25, 0.3) is 27.8 Å². The second-order valence-electron chi connectivity index (χ2n) is 7.90. The van der Waals surface area contributed by atoms with Crippen LogP contribution in [0, 0.1) is 0 Å². The average molecular weight is 403 g/mol. The summed E-state index contributed by atoms with van der Waals surface area (Å²) in [5.74, 6) is 1.60. The van der Waals surface area contributed by atoms with E-state index >= 15 is 0 Å². The van der Waals surface area contributed by atoms with E-state index in [-0.39, 0.29) is 0 Å². The highest BCUT2D eigenvalue weighted by atomic mass is 16.5. The fourth-order valence-electron chi connectivity index (χ4n) is 4.18. The van der Waals surface area contributed by atoms with Crippen molar-refractivity contribution < 1.29 is 9.84 Å². The lowest BCUT2D eigenvalue weighted by atomic mass is 9.91. The van der Waals surface area contributed by atoms with Gasteiger partial charge in [-0.3, -0.25) is 4.57 Å². The molecule has 7 heteroatoms. The van der Waals surface area contributed by atoms with Crippen molar-refractivity contribution in [2.75, 3.05) is 31.6 Å². The van der Waals surface area contributed by atoms with Gasteiger partial charge in [0.15, 0.2) is 0 Å². The van der Waals surface area contributed by atoms with Gasteiger partial charge in [-0.1, -0.05) is 12.1 Å². The van der Waals surface area contributed by atoms with Gasteiger partial charge in [-0.2, -0.15) is 0 Å². The van der Waals surface area contributed by atoms with Crippen LogP contribution in [0.1, 0.15) is 12.8 Å². The Hall–Kier alpha value is -3.16. The van der Waals surface area contributed by atoms with Crippen LogP contribution in [0.4, 0.5) is 5.69 Å². The van der Waals surface area contributed by atoms with E-state index in [0.29, 0.717) is 19.4 Å². The number of methoxy groups -OCH3 is 1. The Labute approximate surface area is 174 Å². The molecule has 0 unspecified atom stereocenters. The van der Waals surface area contributed by atoms with Crippen molar-refractivity contribution in [2.24, 2.45) is 5.73 Å². The van der Waals surface area contributed by atoms with E-state index in [1.807, 2.05) is 28.8 Å². The van der Waals surface area contributed by atoms with E-state index in [1.54, 1.807) is 13.4 Å². The van der Waals surface area contributed by atoms with Gasteiger partial charge in [0.2, 0.25) is 0 Å². The molecule has 0 radical (unpaired) electrons. The van der Waals surface area contributed by atoms with Crippen molar-refractivity contribution in [3.8, 4) is 11.6 Å². The van der Waals surface area contributed by atoms with Gasteiger partial charge in [0.1, 0.15) is 17.9 Å². The number of anilines is 1. The number of pyridine rings is 1. The summed E-state index contributed by atoms with van der Waals surface area (Å²) in [6.45, 7) is 1.82. The highest BCUT2D eigenvalue weighted by Gasteiger charge is 2.31. The quantitative estimate of drug-likeness (QED) is 0.545. The summed E-state index contributed by atoms with van der Waals surface area (Å²) < 4.78 is 7.30. The lowest BCUT2D eigenvalue weighted by Gasteiger charge is -2.38. The Balaban J connectivity index is 1.56. The summed E-state index contributed by atoms with van der Waals surface area (Å²) in [6, 6.07) is 16.2. The first-order chi connectivity index (χ1) is 14.6. The largest absolute Gasteiger partial charge is 0.497 e. The SMILES string of the molecule is COc1ccc2c(c1)ncn2-c1ccc2cccc(N3CCC(O)(CN)CC3)c2n1. The predicted molar refractivity (Wildman–Crippen MR) is 118 cm³/mol. The van der Waals surface area contributed by atoms with E-state index in [9.17, 15) is 5.11 Å². The summed E-state index contributed by atoms with van der Waals surface area (Å²) in [5.41, 5.74) is 8.87. The molecule has 2 aromatic heterocycles. The number of hydrogen-bond acceptors (Lipinski definition) is 6. The fourth-order valence-corrected chi connectivity index (χ4v) is 4.18. The molecule has 2 aromatic carbocycles. The number of benzene rings is 2. The van der Waals surface area contributed by atoms with Gasteiger partial charge >= 0.3 is 0 Å². The normalized spacial score (nSPS) is 16.3. The van der Waals surface area contributed by atoms with Crippen LogP contribution in [0.5, 0.6) is 5.75 Å². The monoisotopic (exact) mass is 403 g/mol. The highest BCUT2D eigenvalue weighted by molar-refractivity contribution is 5.92. The lowest BCUT2D eigenvalue weighted by molar-refractivity contribution is 0.0250. The molecule has 0 atom stereocenters. The number of piperidine rings is 1. The molecule has 1 aliphatic heterocycles. The van der Waals surface area contributed by atoms with E-state index in [0.717, 1.165) is 52.3 Å². The number of ether oxygens (including phenoxy) is 1. The Kier molecular flexibility index (Phi) is 4.56. The topological polar surface area (TPSA) is 89.4 Å². The number of para-hydroxylation sites is 1. The van der Waals surface area contributed by atoms with Gasteiger partial charge in [0.25, 0.3) is 0 Å². The maximum absolute atomic E-state index is 10.5. The molecule has 30 heavy (non-hydrogen) atoms. The second-order valence-corrected chi connectivity index (χ2v) is 7.90. The third-order valence-electron chi connectivity index (χ3n) is 6.10. The third kappa shape index (κ3) is 3.16. The Morgan fingerprint density at radius 3 is 2.73 bits per heavy atom. The molecule has 7 nitrogen and oxygen atoms in total. The average Bonchev–Trinajstić information content (AvgIpc) is 3.22. The zero-order chi connectivity index (χ0) is 20.7. The van der Waals surface area contributed by atoms with Crippen LogP contribution >= 0.6 is 0 Å². The van der Waals surface area contributed by atoms with Crippen molar-refractivity contribution in [1.82, 2.24) is 14.5 Å². The number of nitrogens with two attached hydrogens (primary N) is 1. The summed E-state index contributed by atoms with van der Waals surface area (Å²) >= 11 is 0. The maximum atomic E-state index is 10.5. The summed E-state index contributed by atoms with van der Waals surface area (Å²) in [4.78, 5) is 11.8. The summed E-state index contributed by atoms with van der Waals surface area (Å²) in [5, 5.41) is 11.6. The number of imidazole rings is 1. The first-order valence-corrected chi connectivity index (χ1v) is 10.2. The van der Waals surface area contributed by atoms with Gasteiger partial charge in [-0.05, 0) is 43.2 Å². The van der Waals surface area contributed by atoms with E-state index in [1.165, 1.54) is 0 Å². The smallest absolute Gasteiger partial charge is 0.139 e. The second kappa shape index (κ2) is 7.27. The molecule has 3 N–H and O–H groups in total. The minimum Gasteiger partial charge on any atom is -0.497 e. The van der Waals surface area contributed by atoms with Crippen molar-refractivity contribution >= 4 is 27.6 Å². The molecule has 0 aliphatic carbocycles. The first kappa shape index (κ1) is 18.8. The molecule has 3 heterocycles. The zero-order valence-corrected chi connectivity index (χ0v) is 17.0. The van der Waals surface area contributed by atoms with Crippen molar-refractivity contribution in [1.29, 1.82) is 0 Å². The zero-order valence-electron chi connectivity index (χ0n) is 17.0. The highest BCUT2D eigenvalue weighted by Crippen LogP contribution is 2.31. The van der Waals surface area contributed by atoms with E-state index in [2.05, 4.69) is 34.1 Å². The van der Waals surface area contributed by atoms with Gasteiger partial charge < -0.3 is 20.5 Å². The third-order valence-corrected chi connectivity index (χ3v) is 6.10. The number of nitrogens with zero attached hydrogens (tertiary/aromatic N) is 4. The Morgan fingerprint density at radius 2 is 1.97 bits per heavy atom. The number of rotatable bonds is 4. The molecule has 5 rings (SSSR count). The minimum absolute atomic E-state index is 0.303. The van der Waals surface area contributed by atoms with Crippen molar-refractivity contribution in [3.05, 3.63) is 54.9 Å². The van der Waals surface area contributed by atoms with Crippen LogP contribution in [0.3, 0.4) is 0 Å². The van der Waals surface area contributed by atoms with Crippen LogP contribution in [0.2, 0.25) is 0 Å². The van der Waals surface area contributed by atoms with Crippen LogP contribution in [-0.2, 0) is 0 Å². The van der Waals surface area contributed by atoms with Crippen molar-refractivity contribution in [2.45, 2.75) is 18.4 Å². The number of aliphatic hydroxyl groups is 1. The molecule has 0 spiro atoms. The number of aromatic nitrogens is 3. The predicted octanol–water partition coefficient (Wildman–Crippen LogP) is 2.87. The molecule has 0 bridgehead atoms. The van der Waals surface area contributed by atoms with Crippen LogP contribution in [-0.4, -0.2) is 52.0 Å². The summed E-state index contributed by atoms with van der Waals surface area (Å²) in [6.07, 6.45) is 3.12. The molecule has 1 aliphatic rings. The van der Waals surface area contributed by atoms with Gasteiger partial charge in [0.05, 0.1) is 34.9 Å². The van der Waals surface area contributed by atoms with E-state index < -0.39 is 5.60 Å². The standard InChI is InChI=1S/C23H25N5O2/c1-30-17-6-7-19-18(13-17)25-15-28(19)21-8-5-16-3-2-4-20(22(16)26-21)27-11-9-23(29,14-24)10-12-27/h2-8,13,15,29H,9-12,14,24H2,1H3. The molecular weight excluding hydrogens is 378 g/mol. The first-order valence-electron chi connectivity index (χ1n) is 10.2.